The van der Waals surface area contributed by atoms with Gasteiger partial charge in [0.15, 0.2) is 0 Å². The molecule has 3 aliphatic rings. The van der Waals surface area contributed by atoms with E-state index in [1.165, 1.54) is 0 Å². The molecule has 3 atom stereocenters. The number of nitrogens with one attached hydrogen (secondary N) is 1. The monoisotopic (exact) mass is 514 g/mol. The summed E-state index contributed by atoms with van der Waals surface area (Å²) in [6.45, 7) is 0.318. The van der Waals surface area contributed by atoms with Crippen LogP contribution >= 0.6 is 0 Å². The van der Waals surface area contributed by atoms with Crippen LogP contribution < -0.4 is 22.5 Å². The van der Waals surface area contributed by atoms with Gasteiger partial charge < -0.3 is 27.4 Å². The average Bonchev–Trinajstić information content (AvgIpc) is 3.58. The third kappa shape index (κ3) is 4.19. The Morgan fingerprint density at radius 3 is 2.03 bits per heavy atom. The van der Waals surface area contributed by atoms with Gasteiger partial charge in [0, 0.05) is 17.2 Å². The van der Waals surface area contributed by atoms with Gasteiger partial charge in [-0.1, -0.05) is 12.1 Å². The molecular formula is C28H30N6O4. The molecule has 1 heterocycles. The van der Waals surface area contributed by atoms with E-state index in [0.29, 0.717) is 41.0 Å². The molecule has 2 aromatic rings. The van der Waals surface area contributed by atoms with Crippen LogP contribution in [0.4, 0.5) is 0 Å². The minimum absolute atomic E-state index is 0.0389. The summed E-state index contributed by atoms with van der Waals surface area (Å²) in [5.74, 6) is -1.44. The van der Waals surface area contributed by atoms with Gasteiger partial charge in [0.05, 0.1) is 12.6 Å². The second-order valence-corrected chi connectivity index (χ2v) is 10.4. The molecule has 10 heteroatoms. The molecule has 38 heavy (non-hydrogen) atoms. The molecule has 4 amide bonds. The maximum absolute atomic E-state index is 13.4. The number of benzene rings is 2. The zero-order chi connectivity index (χ0) is 27.2. The molecule has 2 aliphatic carbocycles. The second-order valence-electron chi connectivity index (χ2n) is 10.4. The fraction of sp³-hybridized carbons (Fsp3) is 0.393. The number of nitriles is 1. The number of aryl methyl sites for hydroxylation is 2. The number of hydrogen-bond donors (Lipinski definition) is 4. The molecule has 1 saturated heterocycles. The standard InChI is InChI=1S/C28H30N6O4/c29-13-20-11-19-12-23(19)34(20)24(35)14-33-8-7-28(27(32)38)21-5-3-17(25(30)36)9-15(21)1-2-16-10-18(26(31)37)4-6-22(16)28/h3-6,9-10,19-20,23,33H,1-2,7-8,11-12,14H2,(H2,30,36)(H2,31,37)(H2,32,38)/t19-,20+,23+/m1/s1. The number of primary amides is 3. The van der Waals surface area contributed by atoms with Crippen molar-refractivity contribution in [1.82, 2.24) is 10.2 Å². The fourth-order valence-electron chi connectivity index (χ4n) is 6.31. The molecule has 1 saturated carbocycles. The molecule has 7 N–H and O–H groups in total. The molecule has 0 radical (unpaired) electrons. The minimum Gasteiger partial charge on any atom is -0.369 e. The van der Waals surface area contributed by atoms with E-state index in [-0.39, 0.29) is 37.5 Å². The second kappa shape index (κ2) is 9.58. The molecule has 0 bridgehead atoms. The number of piperidine rings is 1. The van der Waals surface area contributed by atoms with Crippen molar-refractivity contribution in [3.05, 3.63) is 69.8 Å². The molecule has 5 rings (SSSR count). The van der Waals surface area contributed by atoms with Gasteiger partial charge >= 0.3 is 0 Å². The van der Waals surface area contributed by atoms with Crippen molar-refractivity contribution < 1.29 is 19.2 Å². The Balaban J connectivity index is 1.46. The Labute approximate surface area is 220 Å². The van der Waals surface area contributed by atoms with Crippen LogP contribution in [0.25, 0.3) is 0 Å². The van der Waals surface area contributed by atoms with Crippen molar-refractivity contribution in [1.29, 1.82) is 5.26 Å². The number of hydrogen-bond acceptors (Lipinski definition) is 6. The number of likely N-dealkylation sites (tertiary alicyclic amines) is 1. The maximum Gasteiger partial charge on any atom is 0.248 e. The summed E-state index contributed by atoms with van der Waals surface area (Å²) < 4.78 is 0. The lowest BCUT2D eigenvalue weighted by Gasteiger charge is -2.34. The number of amides is 4. The summed E-state index contributed by atoms with van der Waals surface area (Å²) in [5.41, 5.74) is 19.4. The maximum atomic E-state index is 13.4. The summed E-state index contributed by atoms with van der Waals surface area (Å²) in [7, 11) is 0. The van der Waals surface area contributed by atoms with E-state index in [9.17, 15) is 24.4 Å². The van der Waals surface area contributed by atoms with Crippen molar-refractivity contribution in [3.63, 3.8) is 0 Å². The highest BCUT2D eigenvalue weighted by atomic mass is 16.2. The van der Waals surface area contributed by atoms with Gasteiger partial charge in [-0.3, -0.25) is 19.2 Å². The minimum atomic E-state index is -1.28. The third-order valence-electron chi connectivity index (χ3n) is 8.28. The summed E-state index contributed by atoms with van der Waals surface area (Å²) in [6, 6.07) is 12.0. The van der Waals surface area contributed by atoms with Crippen LogP contribution in [-0.4, -0.2) is 53.7 Å². The Hall–Kier alpha value is -4.23. The van der Waals surface area contributed by atoms with E-state index in [4.69, 9.17) is 17.2 Å². The van der Waals surface area contributed by atoms with Crippen molar-refractivity contribution >= 4 is 23.6 Å². The van der Waals surface area contributed by atoms with Gasteiger partial charge in [0.1, 0.15) is 11.5 Å². The van der Waals surface area contributed by atoms with Crippen LogP contribution in [0.2, 0.25) is 0 Å². The fourth-order valence-corrected chi connectivity index (χ4v) is 6.31. The van der Waals surface area contributed by atoms with E-state index in [0.717, 1.165) is 24.0 Å². The highest BCUT2D eigenvalue weighted by Crippen LogP contribution is 2.47. The zero-order valence-electron chi connectivity index (χ0n) is 20.9. The van der Waals surface area contributed by atoms with E-state index in [1.54, 1.807) is 41.3 Å². The first kappa shape index (κ1) is 25.4. The normalized spacial score (nSPS) is 22.3. The number of rotatable bonds is 8. The highest BCUT2D eigenvalue weighted by molar-refractivity contribution is 5.96. The van der Waals surface area contributed by atoms with Crippen molar-refractivity contribution in [2.24, 2.45) is 23.1 Å². The van der Waals surface area contributed by atoms with Crippen molar-refractivity contribution in [2.45, 2.75) is 49.6 Å². The first-order valence-electron chi connectivity index (χ1n) is 12.7. The van der Waals surface area contributed by atoms with E-state index >= 15 is 0 Å². The van der Waals surface area contributed by atoms with Crippen LogP contribution in [0, 0.1) is 17.2 Å². The Morgan fingerprint density at radius 1 is 0.947 bits per heavy atom. The number of nitrogens with two attached hydrogens (primary N) is 3. The zero-order valence-corrected chi connectivity index (χ0v) is 20.9. The first-order valence-corrected chi connectivity index (χ1v) is 12.7. The lowest BCUT2D eigenvalue weighted by atomic mass is 9.69. The number of fused-ring (bicyclic) bond motifs is 3. The predicted molar refractivity (Wildman–Crippen MR) is 138 cm³/mol. The smallest absolute Gasteiger partial charge is 0.248 e. The Bertz CT molecular complexity index is 1330. The highest BCUT2D eigenvalue weighted by Gasteiger charge is 2.54. The molecule has 2 aromatic carbocycles. The molecular weight excluding hydrogens is 484 g/mol. The van der Waals surface area contributed by atoms with E-state index in [1.807, 2.05) is 0 Å². The van der Waals surface area contributed by atoms with Crippen molar-refractivity contribution in [3.8, 4) is 6.07 Å². The average molecular weight is 515 g/mol. The van der Waals surface area contributed by atoms with Crippen molar-refractivity contribution in [2.75, 3.05) is 13.1 Å². The summed E-state index contributed by atoms with van der Waals surface area (Å²) in [6.07, 6.45) is 2.91. The number of carbonyl (C=O) groups is 4. The molecule has 0 spiro atoms. The predicted octanol–water partition coefficient (Wildman–Crippen LogP) is 0.247. The summed E-state index contributed by atoms with van der Waals surface area (Å²) >= 11 is 0. The first-order chi connectivity index (χ1) is 18.2. The SMILES string of the molecule is N#C[C@@H]1C[C@@H]2C[C@@H]2N1C(=O)CNCCC1(C(N)=O)c2ccc(C(N)=O)cc2CCc2cc(C(N)=O)ccc21. The van der Waals surface area contributed by atoms with Crippen LogP contribution in [0.5, 0.6) is 0 Å². The summed E-state index contributed by atoms with van der Waals surface area (Å²) in [4.78, 5) is 51.7. The molecule has 1 aliphatic heterocycles. The number of nitrogens with zero attached hydrogens (tertiary/aromatic N) is 2. The van der Waals surface area contributed by atoms with Crippen LogP contribution in [-0.2, 0) is 27.8 Å². The van der Waals surface area contributed by atoms with E-state index in [2.05, 4.69) is 11.4 Å². The third-order valence-corrected chi connectivity index (χ3v) is 8.28. The lowest BCUT2D eigenvalue weighted by molar-refractivity contribution is -0.131. The van der Waals surface area contributed by atoms with Gasteiger partial charge in [-0.15, -0.1) is 0 Å². The van der Waals surface area contributed by atoms with Gasteiger partial charge in [0.25, 0.3) is 0 Å². The Morgan fingerprint density at radius 2 is 1.53 bits per heavy atom. The molecule has 2 fully saturated rings. The quantitative estimate of drug-likeness (QED) is 0.366. The van der Waals surface area contributed by atoms with Gasteiger partial charge in [-0.05, 0) is 91.1 Å². The molecule has 0 unspecified atom stereocenters. The van der Waals surface area contributed by atoms with Gasteiger partial charge in [-0.25, -0.2) is 0 Å². The van der Waals surface area contributed by atoms with Gasteiger partial charge in [-0.2, -0.15) is 5.26 Å². The summed E-state index contributed by atoms with van der Waals surface area (Å²) in [5, 5.41) is 12.6. The largest absolute Gasteiger partial charge is 0.369 e. The van der Waals surface area contributed by atoms with Crippen LogP contribution in [0.1, 0.15) is 62.2 Å². The number of carbonyl (C=O) groups excluding carboxylic acids is 4. The van der Waals surface area contributed by atoms with Gasteiger partial charge in [0.2, 0.25) is 23.6 Å². The van der Waals surface area contributed by atoms with Crippen LogP contribution in [0.3, 0.4) is 0 Å². The molecule has 196 valence electrons. The van der Waals surface area contributed by atoms with Crippen LogP contribution in [0.15, 0.2) is 36.4 Å². The topological polar surface area (TPSA) is 185 Å². The lowest BCUT2D eigenvalue weighted by Crippen LogP contribution is -2.47. The Kier molecular flexibility index (Phi) is 6.41. The van der Waals surface area contributed by atoms with E-state index < -0.39 is 23.1 Å². The molecule has 0 aromatic heterocycles. The molecule has 10 nitrogen and oxygen atoms in total.